The molecule has 0 atom stereocenters. The topological polar surface area (TPSA) is 81.9 Å². The Balaban J connectivity index is 1.25. The summed E-state index contributed by atoms with van der Waals surface area (Å²) < 4.78 is 34.6. The number of nitrogens with zero attached hydrogens (tertiary/aromatic N) is 4. The van der Waals surface area contributed by atoms with Crippen molar-refractivity contribution in [2.45, 2.75) is 25.7 Å². The monoisotopic (exact) mass is 525 g/mol. The van der Waals surface area contributed by atoms with Gasteiger partial charge in [0.2, 0.25) is 11.8 Å². The number of halogens is 2. The van der Waals surface area contributed by atoms with Gasteiger partial charge in [0.25, 0.3) is 5.92 Å². The summed E-state index contributed by atoms with van der Waals surface area (Å²) in [4.78, 5) is 25.2. The third-order valence-corrected chi connectivity index (χ3v) is 6.31. The molecule has 3 heterocycles. The zero-order chi connectivity index (χ0) is 27.6. The number of nitrogens with one attached hydrogen (secondary N) is 1. The molecule has 1 aliphatic carbocycles. The lowest BCUT2D eigenvalue weighted by Crippen LogP contribution is -2.16. The highest BCUT2D eigenvalue weighted by atomic mass is 19.3. The molecule has 196 valence electrons. The fraction of sp³-hybridized carbons (Fsp3) is 0.200. The summed E-state index contributed by atoms with van der Waals surface area (Å²) >= 11 is 0. The number of allylic oxidation sites excluding steroid dienone is 1. The van der Waals surface area contributed by atoms with E-state index >= 15 is 0 Å². The van der Waals surface area contributed by atoms with Crippen LogP contribution in [0.2, 0.25) is 0 Å². The van der Waals surface area contributed by atoms with Crippen LogP contribution in [-0.4, -0.2) is 32.5 Å². The van der Waals surface area contributed by atoms with Crippen molar-refractivity contribution >= 4 is 17.7 Å². The van der Waals surface area contributed by atoms with E-state index in [0.717, 1.165) is 46.1 Å². The number of amides is 1. The molecule has 1 aliphatic rings. The Bertz CT molecular complexity index is 1640. The van der Waals surface area contributed by atoms with E-state index in [1.807, 2.05) is 42.1 Å². The first-order valence-electron chi connectivity index (χ1n) is 12.2. The zero-order valence-electron chi connectivity index (χ0n) is 21.6. The highest BCUT2D eigenvalue weighted by Crippen LogP contribution is 2.34. The van der Waals surface area contributed by atoms with Gasteiger partial charge in [-0.05, 0) is 40.8 Å². The lowest BCUT2D eigenvalue weighted by Gasteiger charge is -2.15. The van der Waals surface area contributed by atoms with Crippen LogP contribution < -0.4 is 10.1 Å². The van der Waals surface area contributed by atoms with E-state index < -0.39 is 11.5 Å². The SMILES string of the molecule is COc1ncc(NC(=O)Cc2ccc(-c3cnc4c(c3)C=C(C#Cc3cncn3C)C4)cc2)cc1C(C)(F)F. The number of alkyl halides is 2. The van der Waals surface area contributed by atoms with Gasteiger partial charge in [-0.25, -0.2) is 18.7 Å². The number of rotatable bonds is 6. The fourth-order valence-electron chi connectivity index (χ4n) is 4.27. The van der Waals surface area contributed by atoms with Gasteiger partial charge in [0.15, 0.2) is 0 Å². The minimum Gasteiger partial charge on any atom is -0.481 e. The summed E-state index contributed by atoms with van der Waals surface area (Å²) in [6, 6.07) is 10.8. The van der Waals surface area contributed by atoms with E-state index in [1.54, 1.807) is 12.5 Å². The molecule has 4 aromatic rings. The molecule has 0 aliphatic heterocycles. The van der Waals surface area contributed by atoms with Crippen molar-refractivity contribution in [1.29, 1.82) is 0 Å². The maximum Gasteiger partial charge on any atom is 0.275 e. The molecule has 0 fully saturated rings. The second kappa shape index (κ2) is 10.5. The summed E-state index contributed by atoms with van der Waals surface area (Å²) in [7, 11) is 3.18. The minimum absolute atomic E-state index is 0.0774. The third kappa shape index (κ3) is 5.85. The fourth-order valence-corrected chi connectivity index (χ4v) is 4.27. The summed E-state index contributed by atoms with van der Waals surface area (Å²) in [5.74, 6) is 2.68. The second-order valence-electron chi connectivity index (χ2n) is 9.34. The number of carbonyl (C=O) groups is 1. The van der Waals surface area contributed by atoms with Crippen LogP contribution >= 0.6 is 0 Å². The van der Waals surface area contributed by atoms with E-state index in [1.165, 1.54) is 19.4 Å². The minimum atomic E-state index is -3.16. The molecule has 0 saturated heterocycles. The Kier molecular flexibility index (Phi) is 6.94. The summed E-state index contributed by atoms with van der Waals surface area (Å²) in [6.45, 7) is 0.753. The van der Waals surface area contributed by atoms with Gasteiger partial charge in [-0.15, -0.1) is 0 Å². The molecule has 9 heteroatoms. The van der Waals surface area contributed by atoms with E-state index in [0.29, 0.717) is 6.42 Å². The first-order valence-corrected chi connectivity index (χ1v) is 12.2. The van der Waals surface area contributed by atoms with Gasteiger partial charge in [-0.2, -0.15) is 0 Å². The molecule has 1 aromatic carbocycles. The molecule has 0 unspecified atom stereocenters. The number of aryl methyl sites for hydroxylation is 1. The third-order valence-electron chi connectivity index (χ3n) is 6.31. The molecular weight excluding hydrogens is 500 g/mol. The number of ether oxygens (including phenoxy) is 1. The number of benzene rings is 1. The lowest BCUT2D eigenvalue weighted by atomic mass is 10.0. The van der Waals surface area contributed by atoms with Crippen molar-refractivity contribution in [3.8, 4) is 28.8 Å². The van der Waals surface area contributed by atoms with Crippen LogP contribution in [0.4, 0.5) is 14.5 Å². The standard InChI is InChI=1S/C30H25F2N5O2/c1-30(31,32)26-14-24(16-35-29(26)39-3)36-28(38)12-19-4-7-21(8-5-19)23-13-22-10-20(11-27(22)34-15-23)6-9-25-17-33-18-37(25)2/h4-5,7-8,10,13-18H,11-12H2,1-3H3,(H,36,38). The summed E-state index contributed by atoms with van der Waals surface area (Å²) in [5.41, 5.74) is 6.36. The maximum absolute atomic E-state index is 13.9. The Morgan fingerprint density at radius 3 is 2.59 bits per heavy atom. The van der Waals surface area contributed by atoms with E-state index in [4.69, 9.17) is 4.74 Å². The average molecular weight is 526 g/mol. The van der Waals surface area contributed by atoms with Crippen LogP contribution in [0.1, 0.15) is 35.0 Å². The Morgan fingerprint density at radius 1 is 1.10 bits per heavy atom. The summed E-state index contributed by atoms with van der Waals surface area (Å²) in [6.07, 6.45) is 9.41. The molecule has 7 nitrogen and oxygen atoms in total. The Hall–Kier alpha value is -4.84. The number of hydrogen-bond donors (Lipinski definition) is 1. The molecule has 39 heavy (non-hydrogen) atoms. The van der Waals surface area contributed by atoms with Crippen LogP contribution in [0.25, 0.3) is 17.2 Å². The molecule has 0 saturated carbocycles. The van der Waals surface area contributed by atoms with Crippen molar-refractivity contribution in [1.82, 2.24) is 19.5 Å². The van der Waals surface area contributed by atoms with Crippen LogP contribution in [0, 0.1) is 11.8 Å². The van der Waals surface area contributed by atoms with Crippen molar-refractivity contribution in [2.75, 3.05) is 12.4 Å². The van der Waals surface area contributed by atoms with Gasteiger partial charge in [0.1, 0.15) is 5.69 Å². The van der Waals surface area contributed by atoms with Crippen molar-refractivity contribution in [3.63, 3.8) is 0 Å². The Morgan fingerprint density at radius 2 is 1.90 bits per heavy atom. The number of imidazole rings is 1. The number of anilines is 1. The highest BCUT2D eigenvalue weighted by molar-refractivity contribution is 5.92. The van der Waals surface area contributed by atoms with E-state index in [9.17, 15) is 13.6 Å². The van der Waals surface area contributed by atoms with Crippen LogP contribution in [0.3, 0.4) is 0 Å². The molecule has 1 N–H and O–H groups in total. The van der Waals surface area contributed by atoms with Crippen molar-refractivity contribution in [2.24, 2.45) is 7.05 Å². The average Bonchev–Trinajstić information content (AvgIpc) is 3.52. The van der Waals surface area contributed by atoms with Gasteiger partial charge in [0, 0.05) is 37.7 Å². The molecule has 3 aromatic heterocycles. The van der Waals surface area contributed by atoms with Crippen molar-refractivity contribution in [3.05, 3.63) is 95.0 Å². The van der Waals surface area contributed by atoms with Gasteiger partial charge in [-0.3, -0.25) is 9.78 Å². The molecule has 0 radical (unpaired) electrons. The first-order chi connectivity index (χ1) is 18.7. The predicted molar refractivity (Wildman–Crippen MR) is 144 cm³/mol. The molecular formula is C30H25F2N5O2. The van der Waals surface area contributed by atoms with Gasteiger partial charge >= 0.3 is 0 Å². The van der Waals surface area contributed by atoms with E-state index in [2.05, 4.69) is 44.3 Å². The normalized spacial score (nSPS) is 12.3. The number of aromatic nitrogens is 4. The quantitative estimate of drug-likeness (QED) is 0.351. The highest BCUT2D eigenvalue weighted by Gasteiger charge is 2.30. The smallest absolute Gasteiger partial charge is 0.275 e. The number of pyridine rings is 2. The molecule has 0 bridgehead atoms. The number of carbonyl (C=O) groups excluding carboxylic acids is 1. The predicted octanol–water partition coefficient (Wildman–Crippen LogP) is 5.17. The lowest BCUT2D eigenvalue weighted by molar-refractivity contribution is -0.115. The molecule has 0 spiro atoms. The first kappa shape index (κ1) is 25.8. The number of fused-ring (bicyclic) bond motifs is 1. The number of hydrogen-bond acceptors (Lipinski definition) is 5. The number of methoxy groups -OCH3 is 1. The molecule has 1 amide bonds. The van der Waals surface area contributed by atoms with Crippen LogP contribution in [0.15, 0.2) is 66.9 Å². The largest absolute Gasteiger partial charge is 0.481 e. The van der Waals surface area contributed by atoms with Gasteiger partial charge < -0.3 is 14.6 Å². The van der Waals surface area contributed by atoms with Gasteiger partial charge in [-0.1, -0.05) is 30.2 Å². The van der Waals surface area contributed by atoms with Crippen LogP contribution in [-0.2, 0) is 30.6 Å². The van der Waals surface area contributed by atoms with E-state index in [-0.39, 0.29) is 23.9 Å². The molecule has 5 rings (SSSR count). The maximum atomic E-state index is 13.9. The van der Waals surface area contributed by atoms with Gasteiger partial charge in [0.05, 0.1) is 49.2 Å². The Labute approximate surface area is 224 Å². The van der Waals surface area contributed by atoms with Crippen molar-refractivity contribution < 1.29 is 18.3 Å². The second-order valence-corrected chi connectivity index (χ2v) is 9.34. The zero-order valence-corrected chi connectivity index (χ0v) is 21.6. The summed E-state index contributed by atoms with van der Waals surface area (Å²) in [5, 5.41) is 2.63. The van der Waals surface area contributed by atoms with Crippen LogP contribution in [0.5, 0.6) is 5.88 Å².